The van der Waals surface area contributed by atoms with Crippen molar-refractivity contribution >= 4 is 61.1 Å². The summed E-state index contributed by atoms with van der Waals surface area (Å²) >= 11 is 7.98. The van der Waals surface area contributed by atoms with Gasteiger partial charge >= 0.3 is 0 Å². The van der Waals surface area contributed by atoms with Crippen LogP contribution in [0, 0.1) is 7.40 Å². The Hall–Kier alpha value is 0.370. The number of hydrogen-bond acceptors (Lipinski definition) is 1. The third-order valence-electron chi connectivity index (χ3n) is 2.04. The van der Waals surface area contributed by atoms with Crippen molar-refractivity contribution in [1.82, 2.24) is 9.55 Å². The van der Waals surface area contributed by atoms with Crippen LogP contribution in [0.4, 0.5) is 0 Å². The van der Waals surface area contributed by atoms with Gasteiger partial charge in [-0.05, 0) is 62.9 Å². The van der Waals surface area contributed by atoms with Gasteiger partial charge in [0.2, 0.25) is 0 Å². The summed E-state index contributed by atoms with van der Waals surface area (Å²) in [5.74, 6) is 0. The highest BCUT2D eigenvalue weighted by molar-refractivity contribution is 14.1. The second-order valence-corrected chi connectivity index (χ2v) is 5.60. The maximum Gasteiger partial charge on any atom is 0.133 e. The SMILES string of the molecule is BrCc1ccc(-n2cnc(I)c2I)cc1. The van der Waals surface area contributed by atoms with Crippen LogP contribution >= 0.6 is 61.1 Å². The van der Waals surface area contributed by atoms with Crippen LogP contribution in [0.2, 0.25) is 0 Å². The topological polar surface area (TPSA) is 17.8 Å². The highest BCUT2D eigenvalue weighted by atomic mass is 127. The summed E-state index contributed by atoms with van der Waals surface area (Å²) in [6, 6.07) is 8.45. The van der Waals surface area contributed by atoms with Crippen LogP contribution in [0.3, 0.4) is 0 Å². The van der Waals surface area contributed by atoms with Gasteiger partial charge in [-0.3, -0.25) is 4.57 Å². The van der Waals surface area contributed by atoms with E-state index in [-0.39, 0.29) is 0 Å². The van der Waals surface area contributed by atoms with Crippen LogP contribution in [-0.2, 0) is 5.33 Å². The van der Waals surface area contributed by atoms with E-state index < -0.39 is 0 Å². The first kappa shape index (κ1) is 11.8. The molecule has 2 aromatic rings. The fraction of sp³-hybridized carbons (Fsp3) is 0.100. The molecule has 15 heavy (non-hydrogen) atoms. The summed E-state index contributed by atoms with van der Waals surface area (Å²) < 4.78 is 4.28. The highest BCUT2D eigenvalue weighted by Crippen LogP contribution is 2.19. The van der Waals surface area contributed by atoms with Crippen molar-refractivity contribution in [3.8, 4) is 5.69 Å². The lowest BCUT2D eigenvalue weighted by molar-refractivity contribution is 1.03. The van der Waals surface area contributed by atoms with Crippen molar-refractivity contribution in [2.75, 3.05) is 0 Å². The van der Waals surface area contributed by atoms with Gasteiger partial charge in [-0.15, -0.1) is 0 Å². The Bertz CT molecular complexity index is 465. The standard InChI is InChI=1S/C10H7BrI2N2/c11-5-7-1-3-8(4-2-7)15-6-14-9(12)10(15)13/h1-4,6H,5H2. The van der Waals surface area contributed by atoms with E-state index in [9.17, 15) is 0 Å². The van der Waals surface area contributed by atoms with E-state index in [4.69, 9.17) is 0 Å². The normalized spacial score (nSPS) is 10.6. The molecular weight excluding hydrogens is 482 g/mol. The molecule has 1 aromatic carbocycles. The quantitative estimate of drug-likeness (QED) is 0.462. The lowest BCUT2D eigenvalue weighted by Crippen LogP contribution is -1.95. The van der Waals surface area contributed by atoms with Crippen molar-refractivity contribution < 1.29 is 0 Å². The molecule has 0 fully saturated rings. The molecule has 0 spiro atoms. The number of nitrogens with zero attached hydrogens (tertiary/aromatic N) is 2. The molecule has 0 aliphatic heterocycles. The molecule has 0 aliphatic rings. The molecule has 78 valence electrons. The zero-order valence-electron chi connectivity index (χ0n) is 7.62. The minimum Gasteiger partial charge on any atom is -0.293 e. The van der Waals surface area contributed by atoms with Gasteiger partial charge in [0.15, 0.2) is 0 Å². The largest absolute Gasteiger partial charge is 0.293 e. The minimum absolute atomic E-state index is 0.895. The molecule has 1 aromatic heterocycles. The van der Waals surface area contributed by atoms with Crippen LogP contribution in [0.15, 0.2) is 30.6 Å². The van der Waals surface area contributed by atoms with E-state index in [2.05, 4.69) is 94.9 Å². The van der Waals surface area contributed by atoms with E-state index in [1.165, 1.54) is 5.56 Å². The van der Waals surface area contributed by atoms with Gasteiger partial charge in [0.1, 0.15) is 13.7 Å². The van der Waals surface area contributed by atoms with Crippen LogP contribution < -0.4 is 0 Å². The summed E-state index contributed by atoms with van der Waals surface area (Å²) in [5, 5.41) is 0.895. The molecule has 0 bridgehead atoms. The number of rotatable bonds is 2. The first-order chi connectivity index (χ1) is 7.22. The van der Waals surface area contributed by atoms with Gasteiger partial charge < -0.3 is 0 Å². The van der Waals surface area contributed by atoms with Gasteiger partial charge in [-0.2, -0.15) is 0 Å². The summed E-state index contributed by atoms with van der Waals surface area (Å²) in [4.78, 5) is 4.27. The first-order valence-electron chi connectivity index (χ1n) is 4.26. The predicted molar refractivity (Wildman–Crippen MR) is 81.6 cm³/mol. The predicted octanol–water partition coefficient (Wildman–Crippen LogP) is 3.98. The summed E-state index contributed by atoms with van der Waals surface area (Å²) in [6.45, 7) is 0. The number of hydrogen-bond donors (Lipinski definition) is 0. The van der Waals surface area contributed by atoms with E-state index in [1.807, 2.05) is 6.33 Å². The second-order valence-electron chi connectivity index (χ2n) is 3.00. The molecule has 5 heteroatoms. The van der Waals surface area contributed by atoms with Gasteiger partial charge in [-0.1, -0.05) is 28.1 Å². The van der Waals surface area contributed by atoms with Crippen LogP contribution in [-0.4, -0.2) is 9.55 Å². The Labute approximate surface area is 124 Å². The number of alkyl halides is 1. The molecule has 1 heterocycles. The molecule has 0 N–H and O–H groups in total. The highest BCUT2D eigenvalue weighted by Gasteiger charge is 2.06. The molecule has 0 atom stereocenters. The number of imidazole rings is 1. The van der Waals surface area contributed by atoms with Crippen molar-refractivity contribution in [1.29, 1.82) is 0 Å². The average molecular weight is 489 g/mol. The Balaban J connectivity index is 2.41. The van der Waals surface area contributed by atoms with Gasteiger partial charge in [0, 0.05) is 11.0 Å². The van der Waals surface area contributed by atoms with Crippen LogP contribution in [0.5, 0.6) is 0 Å². The van der Waals surface area contributed by atoms with Gasteiger partial charge in [0.05, 0.1) is 0 Å². The third kappa shape index (κ3) is 2.55. The molecule has 0 saturated carbocycles. The number of aromatic nitrogens is 2. The maximum absolute atomic E-state index is 4.27. The second kappa shape index (κ2) is 5.13. The molecule has 0 unspecified atom stereocenters. The number of halogens is 3. The molecule has 0 saturated heterocycles. The van der Waals surface area contributed by atoms with E-state index in [1.54, 1.807) is 0 Å². The lowest BCUT2D eigenvalue weighted by atomic mass is 10.2. The van der Waals surface area contributed by atoms with Crippen molar-refractivity contribution in [3.63, 3.8) is 0 Å². The van der Waals surface area contributed by atoms with Crippen LogP contribution in [0.25, 0.3) is 5.69 Å². The fourth-order valence-corrected chi connectivity index (χ4v) is 2.54. The smallest absolute Gasteiger partial charge is 0.133 e. The first-order valence-corrected chi connectivity index (χ1v) is 7.54. The molecular formula is C10H7BrI2N2. The zero-order valence-corrected chi connectivity index (χ0v) is 13.5. The van der Waals surface area contributed by atoms with E-state index in [0.29, 0.717) is 0 Å². The summed E-state index contributed by atoms with van der Waals surface area (Å²) in [7, 11) is 0. The molecule has 2 nitrogen and oxygen atoms in total. The van der Waals surface area contributed by atoms with E-state index >= 15 is 0 Å². The van der Waals surface area contributed by atoms with E-state index in [0.717, 1.165) is 18.4 Å². The monoisotopic (exact) mass is 488 g/mol. The number of benzene rings is 1. The fourth-order valence-electron chi connectivity index (χ4n) is 1.24. The average Bonchev–Trinajstić information content (AvgIpc) is 2.60. The molecule has 0 aliphatic carbocycles. The van der Waals surface area contributed by atoms with Crippen molar-refractivity contribution in [2.45, 2.75) is 5.33 Å². The Morgan fingerprint density at radius 2 is 1.87 bits per heavy atom. The van der Waals surface area contributed by atoms with Gasteiger partial charge in [-0.25, -0.2) is 4.98 Å². The Morgan fingerprint density at radius 3 is 2.33 bits per heavy atom. The molecule has 0 amide bonds. The maximum atomic E-state index is 4.27. The third-order valence-corrected chi connectivity index (χ3v) is 5.54. The van der Waals surface area contributed by atoms with Gasteiger partial charge in [0.25, 0.3) is 0 Å². The summed E-state index contributed by atoms with van der Waals surface area (Å²) in [6.07, 6.45) is 1.85. The zero-order chi connectivity index (χ0) is 10.8. The molecule has 2 rings (SSSR count). The summed E-state index contributed by atoms with van der Waals surface area (Å²) in [5.41, 5.74) is 2.43. The lowest BCUT2D eigenvalue weighted by Gasteiger charge is -2.04. The molecule has 0 radical (unpaired) electrons. The van der Waals surface area contributed by atoms with Crippen molar-refractivity contribution in [2.24, 2.45) is 0 Å². The minimum atomic E-state index is 0.895. The Kier molecular flexibility index (Phi) is 4.05. The van der Waals surface area contributed by atoms with Crippen molar-refractivity contribution in [3.05, 3.63) is 43.6 Å². The Morgan fingerprint density at radius 1 is 1.20 bits per heavy atom. The van der Waals surface area contributed by atoms with Crippen LogP contribution in [0.1, 0.15) is 5.56 Å².